The lowest BCUT2D eigenvalue weighted by molar-refractivity contribution is -0.168. The fraction of sp³-hybridized carbons (Fsp3) is 0.571. The molecule has 0 bridgehead atoms. The maximum absolute atomic E-state index is 12.6. The van der Waals surface area contributed by atoms with Gasteiger partial charge in [0, 0.05) is 37.8 Å². The van der Waals surface area contributed by atoms with Crippen LogP contribution in [0.25, 0.3) is 0 Å². The van der Waals surface area contributed by atoms with Crippen molar-refractivity contribution in [2.75, 3.05) is 31.1 Å². The van der Waals surface area contributed by atoms with Crippen LogP contribution in [0.4, 0.5) is 18.9 Å². The van der Waals surface area contributed by atoms with E-state index in [0.717, 1.165) is 18.8 Å². The molecule has 0 amide bonds. The Labute approximate surface area is 110 Å². The Kier molecular flexibility index (Phi) is 3.17. The van der Waals surface area contributed by atoms with Gasteiger partial charge in [0.15, 0.2) is 0 Å². The Bertz CT molecular complexity index is 437. The monoisotopic (exact) mass is 270 g/mol. The second-order valence-corrected chi connectivity index (χ2v) is 5.42. The van der Waals surface area contributed by atoms with Crippen LogP contribution in [-0.2, 0) is 0 Å². The molecule has 2 heterocycles. The van der Waals surface area contributed by atoms with E-state index in [0.29, 0.717) is 12.5 Å². The summed E-state index contributed by atoms with van der Waals surface area (Å²) in [5.41, 5.74) is 2.18. The Morgan fingerprint density at radius 1 is 1.11 bits per heavy atom. The van der Waals surface area contributed by atoms with Gasteiger partial charge in [0.2, 0.25) is 0 Å². The molecule has 1 atom stereocenters. The van der Waals surface area contributed by atoms with Crippen LogP contribution in [-0.4, -0.2) is 32.4 Å². The van der Waals surface area contributed by atoms with Gasteiger partial charge in [-0.1, -0.05) is 12.1 Å². The van der Waals surface area contributed by atoms with Gasteiger partial charge >= 0.3 is 6.18 Å². The zero-order chi connectivity index (χ0) is 13.5. The molecule has 1 N–H and O–H groups in total. The molecule has 0 saturated carbocycles. The zero-order valence-electron chi connectivity index (χ0n) is 10.6. The van der Waals surface area contributed by atoms with Crippen LogP contribution in [0, 0.1) is 5.92 Å². The average molecular weight is 270 g/mol. The highest BCUT2D eigenvalue weighted by atomic mass is 19.4. The van der Waals surface area contributed by atoms with E-state index in [1.807, 2.05) is 29.2 Å². The molecule has 2 aliphatic rings. The molecule has 5 heteroatoms. The highest BCUT2D eigenvalue weighted by Crippen LogP contribution is 2.35. The number of hydrogen-bond acceptors (Lipinski definition) is 2. The van der Waals surface area contributed by atoms with Crippen molar-refractivity contribution in [3.05, 3.63) is 29.8 Å². The predicted molar refractivity (Wildman–Crippen MR) is 68.4 cm³/mol. The molecule has 0 spiro atoms. The molecule has 2 fully saturated rings. The maximum Gasteiger partial charge on any atom is 0.393 e. The van der Waals surface area contributed by atoms with E-state index in [9.17, 15) is 13.2 Å². The van der Waals surface area contributed by atoms with E-state index in [1.54, 1.807) is 0 Å². The Morgan fingerprint density at radius 3 is 2.26 bits per heavy atom. The molecule has 19 heavy (non-hydrogen) atoms. The molecule has 0 aliphatic carbocycles. The van der Waals surface area contributed by atoms with Gasteiger partial charge in [0.1, 0.15) is 0 Å². The van der Waals surface area contributed by atoms with Crippen LogP contribution in [0.2, 0.25) is 0 Å². The normalized spacial score (nSPS) is 24.6. The molecular formula is C14H17F3N2. The lowest BCUT2D eigenvalue weighted by atomic mass is 9.94. The summed E-state index contributed by atoms with van der Waals surface area (Å²) in [6.45, 7) is 2.58. The molecule has 104 valence electrons. The number of benzene rings is 1. The van der Waals surface area contributed by atoms with Gasteiger partial charge < -0.3 is 10.2 Å². The summed E-state index contributed by atoms with van der Waals surface area (Å²) in [7, 11) is 0. The fourth-order valence-corrected chi connectivity index (χ4v) is 2.74. The van der Waals surface area contributed by atoms with Crippen LogP contribution >= 0.6 is 0 Å². The number of alkyl halides is 3. The minimum absolute atomic E-state index is 0.0911. The Morgan fingerprint density at radius 2 is 1.79 bits per heavy atom. The first kappa shape index (κ1) is 12.8. The van der Waals surface area contributed by atoms with Crippen molar-refractivity contribution in [3.63, 3.8) is 0 Å². The molecule has 2 aliphatic heterocycles. The second-order valence-electron chi connectivity index (χ2n) is 5.42. The molecule has 0 radical (unpaired) electrons. The highest BCUT2D eigenvalue weighted by Gasteiger charge is 2.43. The van der Waals surface area contributed by atoms with Crippen LogP contribution in [0.5, 0.6) is 0 Å². The van der Waals surface area contributed by atoms with Crippen LogP contribution in [0.1, 0.15) is 17.9 Å². The van der Waals surface area contributed by atoms with Gasteiger partial charge in [-0.25, -0.2) is 0 Å². The quantitative estimate of drug-likeness (QED) is 0.889. The third-order valence-electron chi connectivity index (χ3n) is 4.16. The fourth-order valence-electron chi connectivity index (χ4n) is 2.74. The lowest BCUT2D eigenvalue weighted by Crippen LogP contribution is -2.39. The van der Waals surface area contributed by atoms with Crippen LogP contribution < -0.4 is 10.2 Å². The van der Waals surface area contributed by atoms with Gasteiger partial charge in [-0.05, 0) is 24.1 Å². The van der Waals surface area contributed by atoms with Gasteiger partial charge in [-0.3, -0.25) is 0 Å². The standard InChI is InChI=1S/C14H17F3N2/c15-14(16,17)12-5-6-19(9-12)13-3-1-10(2-4-13)11-7-18-8-11/h1-4,11-12,18H,5-9H2. The molecular weight excluding hydrogens is 253 g/mol. The average Bonchev–Trinajstić information content (AvgIpc) is 2.76. The van der Waals surface area contributed by atoms with Crippen molar-refractivity contribution >= 4 is 5.69 Å². The predicted octanol–water partition coefficient (Wildman–Crippen LogP) is 2.76. The molecule has 2 nitrogen and oxygen atoms in total. The van der Waals surface area contributed by atoms with Crippen LogP contribution in [0.15, 0.2) is 24.3 Å². The van der Waals surface area contributed by atoms with Crippen molar-refractivity contribution in [2.45, 2.75) is 18.5 Å². The van der Waals surface area contributed by atoms with E-state index in [4.69, 9.17) is 0 Å². The van der Waals surface area contributed by atoms with E-state index in [2.05, 4.69) is 5.32 Å². The van der Waals surface area contributed by atoms with Crippen molar-refractivity contribution in [3.8, 4) is 0 Å². The van der Waals surface area contributed by atoms with E-state index < -0.39 is 12.1 Å². The summed E-state index contributed by atoms with van der Waals surface area (Å²) >= 11 is 0. The third-order valence-corrected chi connectivity index (χ3v) is 4.16. The zero-order valence-corrected chi connectivity index (χ0v) is 10.6. The van der Waals surface area contributed by atoms with Crippen molar-refractivity contribution in [1.82, 2.24) is 5.32 Å². The molecule has 2 saturated heterocycles. The van der Waals surface area contributed by atoms with E-state index >= 15 is 0 Å². The van der Waals surface area contributed by atoms with Crippen molar-refractivity contribution in [1.29, 1.82) is 0 Å². The summed E-state index contributed by atoms with van der Waals surface area (Å²) in [6, 6.07) is 7.99. The minimum atomic E-state index is -4.06. The summed E-state index contributed by atoms with van der Waals surface area (Å²) in [5.74, 6) is -0.612. The smallest absolute Gasteiger partial charge is 0.371 e. The van der Waals surface area contributed by atoms with Gasteiger partial charge in [0.05, 0.1) is 5.92 Å². The summed E-state index contributed by atoms with van der Waals surface area (Å²) in [4.78, 5) is 1.83. The topological polar surface area (TPSA) is 15.3 Å². The molecule has 0 aromatic heterocycles. The number of hydrogen-bond donors (Lipinski definition) is 1. The van der Waals surface area contributed by atoms with E-state index in [1.165, 1.54) is 5.56 Å². The number of rotatable bonds is 2. The molecule has 3 rings (SSSR count). The first-order valence-electron chi connectivity index (χ1n) is 6.66. The molecule has 1 aromatic carbocycles. The third kappa shape index (κ3) is 2.56. The van der Waals surface area contributed by atoms with Crippen LogP contribution in [0.3, 0.4) is 0 Å². The molecule has 1 unspecified atom stereocenters. The number of nitrogens with one attached hydrogen (secondary N) is 1. The Hall–Kier alpha value is -1.23. The Balaban J connectivity index is 1.66. The van der Waals surface area contributed by atoms with Crippen molar-refractivity contribution in [2.24, 2.45) is 5.92 Å². The summed E-state index contributed by atoms with van der Waals surface area (Å²) < 4.78 is 37.9. The molecule has 1 aromatic rings. The maximum atomic E-state index is 12.6. The second kappa shape index (κ2) is 4.71. The number of halogens is 3. The van der Waals surface area contributed by atoms with Gasteiger partial charge in [-0.15, -0.1) is 0 Å². The van der Waals surface area contributed by atoms with Crippen molar-refractivity contribution < 1.29 is 13.2 Å². The number of anilines is 1. The SMILES string of the molecule is FC(F)(F)C1CCN(c2ccc(C3CNC3)cc2)C1. The number of nitrogens with zero attached hydrogens (tertiary/aromatic N) is 1. The van der Waals surface area contributed by atoms with Gasteiger partial charge in [0.25, 0.3) is 0 Å². The van der Waals surface area contributed by atoms with E-state index in [-0.39, 0.29) is 13.0 Å². The lowest BCUT2D eigenvalue weighted by Gasteiger charge is -2.28. The summed E-state index contributed by atoms with van der Waals surface area (Å²) in [5, 5.41) is 3.22. The highest BCUT2D eigenvalue weighted by molar-refractivity contribution is 5.49. The van der Waals surface area contributed by atoms with Gasteiger partial charge in [-0.2, -0.15) is 13.2 Å². The summed E-state index contributed by atoms with van der Waals surface area (Å²) in [6.07, 6.45) is -3.86. The largest absolute Gasteiger partial charge is 0.393 e. The minimum Gasteiger partial charge on any atom is -0.371 e. The first-order chi connectivity index (χ1) is 9.04. The first-order valence-corrected chi connectivity index (χ1v) is 6.66.